The number of rotatable bonds is 4. The van der Waals surface area contributed by atoms with Gasteiger partial charge in [0.25, 0.3) is 11.8 Å². The van der Waals surface area contributed by atoms with Crippen molar-refractivity contribution in [3.05, 3.63) is 39.3 Å². The molecule has 1 heterocycles. The highest BCUT2D eigenvalue weighted by Crippen LogP contribution is 2.30. The maximum Gasteiger partial charge on any atom is 0.414 e. The molecule has 0 spiro atoms. The number of aromatic amines is 1. The van der Waals surface area contributed by atoms with E-state index in [9.17, 15) is 14.7 Å². The Morgan fingerprint density at radius 1 is 1.30 bits per heavy atom. The summed E-state index contributed by atoms with van der Waals surface area (Å²) < 4.78 is 5.44. The summed E-state index contributed by atoms with van der Waals surface area (Å²) in [6.07, 6.45) is 1.91. The molecule has 2 aromatic rings. The van der Waals surface area contributed by atoms with Gasteiger partial charge in [0.2, 0.25) is 0 Å². The molecule has 1 aliphatic rings. The summed E-state index contributed by atoms with van der Waals surface area (Å²) in [5.74, 6) is -0.251. The molecule has 1 fully saturated rings. The zero-order chi connectivity index (χ0) is 19.4. The molecule has 0 saturated heterocycles. The Balaban J connectivity index is 1.62. The van der Waals surface area contributed by atoms with E-state index in [2.05, 4.69) is 36.8 Å². The van der Waals surface area contributed by atoms with Crippen molar-refractivity contribution in [3.8, 4) is 5.88 Å². The van der Waals surface area contributed by atoms with Crippen molar-refractivity contribution in [1.29, 1.82) is 0 Å². The molecule has 3 rings (SSSR count). The van der Waals surface area contributed by atoms with Crippen LogP contribution in [0, 0.1) is 0 Å². The van der Waals surface area contributed by atoms with Gasteiger partial charge < -0.3 is 20.5 Å². The first-order valence-corrected chi connectivity index (χ1v) is 9.59. The minimum Gasteiger partial charge on any atom is -0.391 e. The van der Waals surface area contributed by atoms with Crippen LogP contribution in [0.5, 0.6) is 5.88 Å². The topological polar surface area (TPSA) is 116 Å². The van der Waals surface area contributed by atoms with Crippen LogP contribution in [-0.4, -0.2) is 39.5 Å². The molecule has 1 aromatic carbocycles. The zero-order valence-corrected chi connectivity index (χ0v) is 16.5. The van der Waals surface area contributed by atoms with Crippen LogP contribution < -0.4 is 15.4 Å². The van der Waals surface area contributed by atoms with Gasteiger partial charge in [-0.3, -0.25) is 9.89 Å². The number of carbonyl (C=O) groups is 2. The van der Waals surface area contributed by atoms with E-state index in [1.807, 2.05) is 0 Å². The van der Waals surface area contributed by atoms with Crippen molar-refractivity contribution in [3.63, 3.8) is 0 Å². The van der Waals surface area contributed by atoms with Gasteiger partial charge in [-0.2, -0.15) is 0 Å². The van der Waals surface area contributed by atoms with Crippen LogP contribution in [0.3, 0.4) is 0 Å². The van der Waals surface area contributed by atoms with E-state index < -0.39 is 18.1 Å². The molecule has 27 heavy (non-hydrogen) atoms. The highest BCUT2D eigenvalue weighted by molar-refractivity contribution is 9.10. The normalized spacial score (nSPS) is 19.4. The lowest BCUT2D eigenvalue weighted by molar-refractivity contribution is 0.0890. The number of amides is 2. The average Bonchev–Trinajstić information content (AvgIpc) is 2.97. The number of ether oxygens (including phenoxy) is 1. The van der Waals surface area contributed by atoms with Crippen molar-refractivity contribution in [2.75, 3.05) is 5.32 Å². The third-order valence-corrected chi connectivity index (χ3v) is 5.32. The number of benzene rings is 1. The van der Waals surface area contributed by atoms with Gasteiger partial charge in [-0.05, 0) is 40.9 Å². The molecule has 4 N–H and O–H groups in total. The van der Waals surface area contributed by atoms with Gasteiger partial charge in [0.05, 0.1) is 22.7 Å². The van der Waals surface area contributed by atoms with Crippen LogP contribution in [0.15, 0.2) is 28.7 Å². The van der Waals surface area contributed by atoms with Crippen molar-refractivity contribution in [1.82, 2.24) is 15.5 Å². The number of anilines is 1. The predicted molar refractivity (Wildman–Crippen MR) is 103 cm³/mol. The summed E-state index contributed by atoms with van der Waals surface area (Å²) >= 11 is 9.25. The van der Waals surface area contributed by atoms with E-state index in [1.165, 1.54) is 0 Å². The molecule has 0 unspecified atom stereocenters. The number of nitrogens with one attached hydrogen (secondary N) is 3. The molecule has 0 aliphatic heterocycles. The second-order valence-corrected chi connectivity index (χ2v) is 7.34. The van der Waals surface area contributed by atoms with Crippen LogP contribution in [-0.2, 0) is 0 Å². The highest BCUT2D eigenvalue weighted by Gasteiger charge is 2.26. The second-order valence-electron chi connectivity index (χ2n) is 6.14. The number of aliphatic hydroxyl groups excluding tert-OH is 1. The minimum absolute atomic E-state index is 0.0349. The largest absolute Gasteiger partial charge is 0.414 e. The predicted octanol–water partition coefficient (Wildman–Crippen LogP) is 3.47. The summed E-state index contributed by atoms with van der Waals surface area (Å²) in [6, 6.07) is 6.27. The number of aromatic nitrogens is 2. The molecule has 0 bridgehead atoms. The van der Waals surface area contributed by atoms with Crippen LogP contribution >= 0.6 is 27.5 Å². The maximum absolute atomic E-state index is 12.3. The summed E-state index contributed by atoms with van der Waals surface area (Å²) in [5.41, 5.74) is 0.298. The van der Waals surface area contributed by atoms with Gasteiger partial charge in [0.1, 0.15) is 10.3 Å². The molecular formula is C17H18BrClN4O4. The van der Waals surface area contributed by atoms with Gasteiger partial charge in [0.15, 0.2) is 0 Å². The SMILES string of the molecule is O=C(N[C@@H]1CCCC[C@H]1O)Oc1n[nH]c(NC(=O)c2ccccc2Cl)c1Br. The zero-order valence-electron chi connectivity index (χ0n) is 14.2. The first-order valence-electron chi connectivity index (χ1n) is 8.42. The van der Waals surface area contributed by atoms with Crippen molar-refractivity contribution < 1.29 is 19.4 Å². The van der Waals surface area contributed by atoms with E-state index in [-0.39, 0.29) is 22.2 Å². The van der Waals surface area contributed by atoms with Crippen LogP contribution in [0.4, 0.5) is 10.6 Å². The summed E-state index contributed by atoms with van der Waals surface area (Å²) in [4.78, 5) is 24.4. The number of carbonyl (C=O) groups excluding carboxylic acids is 2. The maximum atomic E-state index is 12.3. The Hall–Kier alpha value is -2.10. The fourth-order valence-corrected chi connectivity index (χ4v) is 3.42. The Labute approximate surface area is 168 Å². The number of hydrogen-bond donors (Lipinski definition) is 4. The standard InChI is InChI=1S/C17H18BrClN4O4/c18-13-14(21-15(25)9-5-1-2-6-10(9)19)22-23-16(13)27-17(26)20-11-7-3-4-8-12(11)24/h1-2,5-6,11-12,24H,3-4,7-8H2,(H,20,26)(H2,21,22,23,25)/t11-,12-/m1/s1. The summed E-state index contributed by atoms with van der Waals surface area (Å²) in [5, 5.41) is 21.9. The third-order valence-electron chi connectivity index (χ3n) is 4.26. The van der Waals surface area contributed by atoms with Crippen molar-refractivity contribution in [2.24, 2.45) is 0 Å². The molecule has 2 atom stereocenters. The van der Waals surface area contributed by atoms with E-state index in [1.54, 1.807) is 24.3 Å². The molecular weight excluding hydrogens is 440 g/mol. The van der Waals surface area contributed by atoms with E-state index in [4.69, 9.17) is 16.3 Å². The lowest BCUT2D eigenvalue weighted by Crippen LogP contribution is -2.46. The number of nitrogens with zero attached hydrogens (tertiary/aromatic N) is 1. The molecule has 1 aliphatic carbocycles. The lowest BCUT2D eigenvalue weighted by atomic mass is 9.93. The fourth-order valence-electron chi connectivity index (χ4n) is 2.84. The van der Waals surface area contributed by atoms with E-state index in [0.717, 1.165) is 12.8 Å². The lowest BCUT2D eigenvalue weighted by Gasteiger charge is -2.27. The Morgan fingerprint density at radius 2 is 2.04 bits per heavy atom. The summed E-state index contributed by atoms with van der Waals surface area (Å²) in [6.45, 7) is 0. The van der Waals surface area contributed by atoms with Crippen molar-refractivity contribution in [2.45, 2.75) is 37.8 Å². The molecule has 1 saturated carbocycles. The Bertz CT molecular complexity index is 844. The molecule has 2 amide bonds. The first-order chi connectivity index (χ1) is 13.0. The van der Waals surface area contributed by atoms with Gasteiger partial charge >= 0.3 is 6.09 Å². The van der Waals surface area contributed by atoms with Crippen LogP contribution in [0.1, 0.15) is 36.0 Å². The smallest absolute Gasteiger partial charge is 0.391 e. The van der Waals surface area contributed by atoms with Crippen LogP contribution in [0.25, 0.3) is 0 Å². The molecule has 1 aromatic heterocycles. The van der Waals surface area contributed by atoms with E-state index >= 15 is 0 Å². The van der Waals surface area contributed by atoms with Gasteiger partial charge in [0, 0.05) is 0 Å². The highest BCUT2D eigenvalue weighted by atomic mass is 79.9. The van der Waals surface area contributed by atoms with Crippen molar-refractivity contribution >= 4 is 45.3 Å². The molecule has 10 heteroatoms. The van der Waals surface area contributed by atoms with Gasteiger partial charge in [-0.1, -0.05) is 36.6 Å². The van der Waals surface area contributed by atoms with Gasteiger partial charge in [-0.25, -0.2) is 4.79 Å². The van der Waals surface area contributed by atoms with Gasteiger partial charge in [-0.15, -0.1) is 5.10 Å². The van der Waals surface area contributed by atoms with Crippen LogP contribution in [0.2, 0.25) is 5.02 Å². The minimum atomic E-state index is -0.725. The Morgan fingerprint density at radius 3 is 2.78 bits per heavy atom. The molecule has 8 nitrogen and oxygen atoms in total. The quantitative estimate of drug-likeness (QED) is 0.561. The second kappa shape index (κ2) is 8.73. The number of halogens is 2. The number of H-pyrrole nitrogens is 1. The molecule has 144 valence electrons. The Kier molecular flexibility index (Phi) is 6.35. The average molecular weight is 458 g/mol. The number of hydrogen-bond acceptors (Lipinski definition) is 5. The fraction of sp³-hybridized carbons (Fsp3) is 0.353. The summed E-state index contributed by atoms with van der Waals surface area (Å²) in [7, 11) is 0. The molecule has 0 radical (unpaired) electrons. The van der Waals surface area contributed by atoms with E-state index in [0.29, 0.717) is 23.4 Å². The monoisotopic (exact) mass is 456 g/mol. The first kappa shape index (κ1) is 19.7. The number of aliphatic hydroxyl groups is 1. The third kappa shape index (κ3) is 4.79.